The molecule has 0 aliphatic heterocycles. The second-order valence-electron chi connectivity index (χ2n) is 2.97. The van der Waals surface area contributed by atoms with Gasteiger partial charge in [0, 0.05) is 25.0 Å². The van der Waals surface area contributed by atoms with E-state index in [9.17, 15) is 0 Å². The molecule has 0 saturated carbocycles. The maximum Gasteiger partial charge on any atom is 0.0853 e. The Kier molecular flexibility index (Phi) is 4.35. The zero-order valence-electron chi connectivity index (χ0n) is 8.35. The highest BCUT2D eigenvalue weighted by Crippen LogP contribution is 2.13. The van der Waals surface area contributed by atoms with E-state index >= 15 is 0 Å². The lowest BCUT2D eigenvalue weighted by Gasteiger charge is -2.22. The first-order valence-corrected chi connectivity index (χ1v) is 4.73. The minimum Gasteiger partial charge on any atom is -0.395 e. The molecule has 0 radical (unpaired) electrons. The molecular weight excluding hydrogens is 180 g/mol. The van der Waals surface area contributed by atoms with Gasteiger partial charge in [-0.25, -0.2) is 0 Å². The third kappa shape index (κ3) is 2.68. The molecule has 0 bridgehead atoms. The molecule has 0 aromatic carbocycles. The number of aromatic nitrogens is 1. The standard InChI is InChI=1S/C10H16N2O2/c1-2-12(5-6-13)10-3-4-11-9(7-10)8-14/h3-4,7,13-14H,2,5-6,8H2,1H3. The molecule has 4 nitrogen and oxygen atoms in total. The highest BCUT2D eigenvalue weighted by Gasteiger charge is 2.03. The van der Waals surface area contributed by atoms with Crippen LogP contribution in [0, 0.1) is 0 Å². The van der Waals surface area contributed by atoms with Gasteiger partial charge in [0.2, 0.25) is 0 Å². The molecule has 1 rings (SSSR count). The summed E-state index contributed by atoms with van der Waals surface area (Å²) in [6.45, 7) is 3.53. The summed E-state index contributed by atoms with van der Waals surface area (Å²) >= 11 is 0. The van der Waals surface area contributed by atoms with Gasteiger partial charge in [-0.05, 0) is 19.1 Å². The van der Waals surface area contributed by atoms with E-state index in [-0.39, 0.29) is 13.2 Å². The Morgan fingerprint density at radius 3 is 2.79 bits per heavy atom. The third-order valence-corrected chi connectivity index (χ3v) is 2.08. The van der Waals surface area contributed by atoms with E-state index in [1.165, 1.54) is 0 Å². The molecule has 0 spiro atoms. The fourth-order valence-electron chi connectivity index (χ4n) is 1.34. The second-order valence-corrected chi connectivity index (χ2v) is 2.97. The molecule has 0 amide bonds. The van der Waals surface area contributed by atoms with E-state index in [2.05, 4.69) is 4.98 Å². The molecule has 0 aliphatic carbocycles. The molecule has 0 unspecified atom stereocenters. The summed E-state index contributed by atoms with van der Waals surface area (Å²) in [4.78, 5) is 6.02. The van der Waals surface area contributed by atoms with Crippen molar-refractivity contribution in [2.45, 2.75) is 13.5 Å². The van der Waals surface area contributed by atoms with Gasteiger partial charge in [-0.2, -0.15) is 0 Å². The Morgan fingerprint density at radius 1 is 1.43 bits per heavy atom. The fraction of sp³-hybridized carbons (Fsp3) is 0.500. The van der Waals surface area contributed by atoms with Gasteiger partial charge in [0.15, 0.2) is 0 Å². The van der Waals surface area contributed by atoms with Crippen LogP contribution in [0.3, 0.4) is 0 Å². The van der Waals surface area contributed by atoms with Gasteiger partial charge >= 0.3 is 0 Å². The van der Waals surface area contributed by atoms with E-state index in [4.69, 9.17) is 10.2 Å². The fourth-order valence-corrected chi connectivity index (χ4v) is 1.34. The van der Waals surface area contributed by atoms with E-state index in [0.717, 1.165) is 12.2 Å². The van der Waals surface area contributed by atoms with Crippen molar-refractivity contribution >= 4 is 5.69 Å². The summed E-state index contributed by atoms with van der Waals surface area (Å²) in [7, 11) is 0. The van der Waals surface area contributed by atoms with Crippen LogP contribution in [0.15, 0.2) is 18.3 Å². The number of rotatable bonds is 5. The molecule has 2 N–H and O–H groups in total. The average molecular weight is 196 g/mol. The molecule has 0 fully saturated rings. The van der Waals surface area contributed by atoms with Crippen LogP contribution in [0.1, 0.15) is 12.6 Å². The summed E-state index contributed by atoms with van der Waals surface area (Å²) in [6.07, 6.45) is 1.67. The third-order valence-electron chi connectivity index (χ3n) is 2.08. The quantitative estimate of drug-likeness (QED) is 0.715. The number of hydrogen-bond acceptors (Lipinski definition) is 4. The molecule has 78 valence electrons. The van der Waals surface area contributed by atoms with Gasteiger partial charge in [0.1, 0.15) is 0 Å². The zero-order valence-corrected chi connectivity index (χ0v) is 8.35. The highest BCUT2D eigenvalue weighted by molar-refractivity contribution is 5.46. The largest absolute Gasteiger partial charge is 0.395 e. The summed E-state index contributed by atoms with van der Waals surface area (Å²) in [6, 6.07) is 3.71. The molecule has 14 heavy (non-hydrogen) atoms. The minimum absolute atomic E-state index is 0.0511. The molecule has 1 aromatic rings. The number of nitrogens with zero attached hydrogens (tertiary/aromatic N) is 2. The SMILES string of the molecule is CCN(CCO)c1ccnc(CO)c1. The van der Waals surface area contributed by atoms with Crippen molar-refractivity contribution < 1.29 is 10.2 Å². The van der Waals surface area contributed by atoms with Gasteiger partial charge < -0.3 is 15.1 Å². The summed E-state index contributed by atoms with van der Waals surface area (Å²) in [5.74, 6) is 0. The molecule has 0 saturated heterocycles. The van der Waals surface area contributed by atoms with Crippen molar-refractivity contribution in [3.05, 3.63) is 24.0 Å². The molecular formula is C10H16N2O2. The Balaban J connectivity index is 2.80. The molecule has 0 atom stereocenters. The number of aliphatic hydroxyl groups excluding tert-OH is 2. The van der Waals surface area contributed by atoms with Crippen LogP contribution >= 0.6 is 0 Å². The number of likely N-dealkylation sites (N-methyl/N-ethyl adjacent to an activating group) is 1. The Morgan fingerprint density at radius 2 is 2.21 bits per heavy atom. The number of aliphatic hydroxyl groups is 2. The zero-order chi connectivity index (χ0) is 10.4. The minimum atomic E-state index is -0.0511. The first-order chi connectivity index (χ1) is 6.81. The summed E-state index contributed by atoms with van der Waals surface area (Å²) in [5.41, 5.74) is 1.64. The monoisotopic (exact) mass is 196 g/mol. The van der Waals surface area contributed by atoms with Crippen LogP contribution in [0.4, 0.5) is 5.69 Å². The van der Waals surface area contributed by atoms with Gasteiger partial charge in [0.25, 0.3) is 0 Å². The summed E-state index contributed by atoms with van der Waals surface area (Å²) < 4.78 is 0. The molecule has 0 aliphatic rings. The van der Waals surface area contributed by atoms with E-state index in [0.29, 0.717) is 12.2 Å². The van der Waals surface area contributed by atoms with Gasteiger partial charge in [-0.15, -0.1) is 0 Å². The van der Waals surface area contributed by atoms with Crippen molar-refractivity contribution in [3.8, 4) is 0 Å². The van der Waals surface area contributed by atoms with E-state index in [1.54, 1.807) is 6.20 Å². The van der Waals surface area contributed by atoms with Crippen LogP contribution in [-0.2, 0) is 6.61 Å². The predicted octanol–water partition coefficient (Wildman–Crippen LogP) is 0.392. The maximum atomic E-state index is 8.92. The lowest BCUT2D eigenvalue weighted by atomic mass is 10.3. The van der Waals surface area contributed by atoms with Crippen molar-refractivity contribution in [1.82, 2.24) is 4.98 Å². The Bertz CT molecular complexity index is 279. The van der Waals surface area contributed by atoms with Gasteiger partial charge in [-0.3, -0.25) is 4.98 Å². The number of pyridine rings is 1. The van der Waals surface area contributed by atoms with Crippen molar-refractivity contribution in [1.29, 1.82) is 0 Å². The van der Waals surface area contributed by atoms with Crippen LogP contribution in [0.25, 0.3) is 0 Å². The lowest BCUT2D eigenvalue weighted by molar-refractivity contribution is 0.277. The van der Waals surface area contributed by atoms with E-state index < -0.39 is 0 Å². The smallest absolute Gasteiger partial charge is 0.0853 e. The topological polar surface area (TPSA) is 56.6 Å². The Labute approximate surface area is 83.8 Å². The van der Waals surface area contributed by atoms with E-state index in [1.807, 2.05) is 24.0 Å². The average Bonchev–Trinajstić information content (AvgIpc) is 2.26. The van der Waals surface area contributed by atoms with Crippen LogP contribution in [0.2, 0.25) is 0 Å². The van der Waals surface area contributed by atoms with Crippen molar-refractivity contribution in [2.24, 2.45) is 0 Å². The maximum absolute atomic E-state index is 8.92. The highest BCUT2D eigenvalue weighted by atomic mass is 16.3. The normalized spacial score (nSPS) is 10.2. The lowest BCUT2D eigenvalue weighted by Crippen LogP contribution is -2.26. The summed E-state index contributed by atoms with van der Waals surface area (Å²) in [5, 5.41) is 17.8. The van der Waals surface area contributed by atoms with Crippen LogP contribution in [0.5, 0.6) is 0 Å². The van der Waals surface area contributed by atoms with Crippen molar-refractivity contribution in [3.63, 3.8) is 0 Å². The molecule has 1 heterocycles. The van der Waals surface area contributed by atoms with Crippen LogP contribution in [-0.4, -0.2) is 34.9 Å². The Hall–Kier alpha value is -1.13. The number of hydrogen-bond donors (Lipinski definition) is 2. The van der Waals surface area contributed by atoms with Gasteiger partial charge in [0.05, 0.1) is 18.9 Å². The first kappa shape index (κ1) is 10.9. The number of anilines is 1. The predicted molar refractivity (Wildman–Crippen MR) is 55.1 cm³/mol. The molecule has 1 aromatic heterocycles. The molecule has 4 heteroatoms. The first-order valence-electron chi connectivity index (χ1n) is 4.73. The van der Waals surface area contributed by atoms with Crippen molar-refractivity contribution in [2.75, 3.05) is 24.6 Å². The van der Waals surface area contributed by atoms with Gasteiger partial charge in [-0.1, -0.05) is 0 Å². The van der Waals surface area contributed by atoms with Crippen LogP contribution < -0.4 is 4.90 Å². The second kappa shape index (κ2) is 5.57.